The maximum Gasteiger partial charge on any atom is 0.0541 e. The van der Waals surface area contributed by atoms with Crippen LogP contribution in [0.4, 0.5) is 0 Å². The maximum atomic E-state index is 2.48. The summed E-state index contributed by atoms with van der Waals surface area (Å²) in [5, 5.41) is 15.2. The molecule has 0 amide bonds. The van der Waals surface area contributed by atoms with Crippen molar-refractivity contribution in [3.8, 4) is 83.8 Å². The van der Waals surface area contributed by atoms with Crippen molar-refractivity contribution in [1.82, 2.24) is 13.7 Å². The van der Waals surface area contributed by atoms with E-state index in [9.17, 15) is 0 Å². The van der Waals surface area contributed by atoms with E-state index in [2.05, 4.69) is 359 Å². The first kappa shape index (κ1) is 57.5. The van der Waals surface area contributed by atoms with Gasteiger partial charge in [-0.25, -0.2) is 0 Å². The quantitative estimate of drug-likeness (QED) is 0.137. The van der Waals surface area contributed by atoms with Gasteiger partial charge in [0, 0.05) is 110 Å². The number of hydrogen-bond acceptors (Lipinski definition) is 3. The number of aromatic nitrogens is 3. The van der Waals surface area contributed by atoms with E-state index < -0.39 is 0 Å². The second-order valence-electron chi connectivity index (χ2n) is 27.1. The predicted octanol–water partition coefficient (Wildman–Crippen LogP) is 28.1. The number of fused-ring (bicyclic) bond motifs is 18. The van der Waals surface area contributed by atoms with Crippen LogP contribution < -0.4 is 0 Å². The molecule has 16 aromatic carbocycles. The highest BCUT2D eigenvalue weighted by Crippen LogP contribution is 2.46. The van der Waals surface area contributed by atoms with Crippen molar-refractivity contribution < 1.29 is 0 Å². The highest BCUT2D eigenvalue weighted by molar-refractivity contribution is 7.26. The minimum absolute atomic E-state index is 1.10. The first-order chi connectivity index (χ1) is 50.5. The first-order valence-electron chi connectivity index (χ1n) is 34.8. The average molecular weight is 1350 g/mol. The molecule has 0 aliphatic carbocycles. The van der Waals surface area contributed by atoms with Gasteiger partial charge < -0.3 is 13.7 Å². The van der Waals surface area contributed by atoms with Crippen LogP contribution in [-0.4, -0.2) is 13.7 Å². The molecule has 0 radical (unpaired) electrons. The molecule has 474 valence electrons. The highest BCUT2D eigenvalue weighted by atomic mass is 32.1. The van der Waals surface area contributed by atoms with Gasteiger partial charge in [0.05, 0.1) is 33.1 Å². The Balaban J connectivity index is 0.686. The molecule has 102 heavy (non-hydrogen) atoms. The van der Waals surface area contributed by atoms with Gasteiger partial charge in [0.25, 0.3) is 0 Å². The minimum Gasteiger partial charge on any atom is -0.309 e. The van der Waals surface area contributed by atoms with Crippen LogP contribution in [0.1, 0.15) is 0 Å². The van der Waals surface area contributed by atoms with Crippen molar-refractivity contribution in [2.45, 2.75) is 0 Å². The smallest absolute Gasteiger partial charge is 0.0541 e. The molecule has 3 nitrogen and oxygen atoms in total. The molecule has 0 spiro atoms. The summed E-state index contributed by atoms with van der Waals surface area (Å²) in [5.74, 6) is 0. The molecule has 0 atom stereocenters. The fraction of sp³-hybridized carbons (Fsp3) is 0. The van der Waals surface area contributed by atoms with E-state index in [4.69, 9.17) is 0 Å². The number of benzene rings is 16. The van der Waals surface area contributed by atoms with Crippen molar-refractivity contribution in [3.63, 3.8) is 0 Å². The summed E-state index contributed by atoms with van der Waals surface area (Å²) < 4.78 is 15.3. The molecule has 0 aliphatic rings. The second kappa shape index (κ2) is 22.5. The summed E-state index contributed by atoms with van der Waals surface area (Å²) >= 11 is 5.60. The van der Waals surface area contributed by atoms with E-state index in [1.54, 1.807) is 0 Å². The second-order valence-corrected chi connectivity index (χ2v) is 30.3. The first-order valence-corrected chi connectivity index (χ1v) is 37.3. The van der Waals surface area contributed by atoms with E-state index in [0.717, 1.165) is 56.0 Å². The van der Waals surface area contributed by atoms with E-state index in [1.807, 2.05) is 34.0 Å². The molecule has 6 heteroatoms. The van der Waals surface area contributed by atoms with Crippen LogP contribution >= 0.6 is 34.0 Å². The number of hydrogen-bond donors (Lipinski definition) is 0. The van der Waals surface area contributed by atoms with Crippen molar-refractivity contribution >= 4 is 160 Å². The van der Waals surface area contributed by atoms with E-state index >= 15 is 0 Å². The summed E-state index contributed by atoms with van der Waals surface area (Å²) in [6.45, 7) is 0. The van der Waals surface area contributed by atoms with Crippen molar-refractivity contribution in [1.29, 1.82) is 0 Å². The Morgan fingerprint density at radius 3 is 0.853 bits per heavy atom. The lowest BCUT2D eigenvalue weighted by Gasteiger charge is -2.17. The van der Waals surface area contributed by atoms with Gasteiger partial charge in [-0.3, -0.25) is 0 Å². The third kappa shape index (κ3) is 8.97. The van der Waals surface area contributed by atoms with E-state index in [0.29, 0.717) is 0 Å². The van der Waals surface area contributed by atoms with Crippen LogP contribution in [0.15, 0.2) is 346 Å². The number of thiophene rings is 3. The van der Waals surface area contributed by atoms with Crippen molar-refractivity contribution in [3.05, 3.63) is 346 Å². The molecule has 0 aliphatic heterocycles. The summed E-state index contributed by atoms with van der Waals surface area (Å²) in [4.78, 5) is 0. The van der Waals surface area contributed by atoms with Crippen LogP contribution in [0.3, 0.4) is 0 Å². The lowest BCUT2D eigenvalue weighted by molar-refractivity contribution is 1.18. The van der Waals surface area contributed by atoms with Gasteiger partial charge in [0.2, 0.25) is 0 Å². The van der Waals surface area contributed by atoms with Crippen LogP contribution in [-0.2, 0) is 0 Å². The van der Waals surface area contributed by atoms with Crippen molar-refractivity contribution in [2.24, 2.45) is 0 Å². The van der Waals surface area contributed by atoms with Crippen molar-refractivity contribution in [2.75, 3.05) is 0 Å². The predicted molar refractivity (Wildman–Crippen MR) is 441 cm³/mol. The highest BCUT2D eigenvalue weighted by Gasteiger charge is 2.22. The SMILES string of the molecule is c1cc(-c2cccc(-n3c4ccccc4c4cc(-c5ccc6sc7ccccc7c6c5)ccc43)c2)cc(-c2cc(-n3c4ccccc4c4cc(-c5ccc6sc7ccccc7c6c5)ccc43)ccc2-c2cccc(-n3c4ccccc4c4cc(-c5ccc6sc7ccccc7c6c5)ccc43)c2)c1. The van der Waals surface area contributed by atoms with E-state index in [-0.39, 0.29) is 0 Å². The Morgan fingerprint density at radius 1 is 0.147 bits per heavy atom. The number of nitrogens with zero attached hydrogens (tertiary/aromatic N) is 3. The van der Waals surface area contributed by atoms with Gasteiger partial charge >= 0.3 is 0 Å². The number of para-hydroxylation sites is 3. The molecule has 0 N–H and O–H groups in total. The summed E-state index contributed by atoms with van der Waals surface area (Å²) in [6.07, 6.45) is 0. The average Bonchev–Trinajstić information content (AvgIpc) is 1.59. The maximum absolute atomic E-state index is 2.48. The third-order valence-corrected chi connectivity index (χ3v) is 24.9. The summed E-state index contributed by atoms with van der Waals surface area (Å²) in [7, 11) is 0. The van der Waals surface area contributed by atoms with E-state index in [1.165, 1.54) is 154 Å². The topological polar surface area (TPSA) is 14.8 Å². The lowest BCUT2D eigenvalue weighted by Crippen LogP contribution is -1.97. The molecule has 6 heterocycles. The summed E-state index contributed by atoms with van der Waals surface area (Å²) in [5.41, 5.74) is 24.5. The Morgan fingerprint density at radius 2 is 0.431 bits per heavy atom. The molecule has 0 saturated carbocycles. The fourth-order valence-corrected chi connectivity index (χ4v) is 19.9. The van der Waals surface area contributed by atoms with Gasteiger partial charge in [0.15, 0.2) is 0 Å². The Hall–Kier alpha value is -12.4. The van der Waals surface area contributed by atoms with Crippen LogP contribution in [0.25, 0.3) is 210 Å². The molecule has 0 saturated heterocycles. The molecular formula is C96H57N3S3. The molecule has 0 unspecified atom stereocenters. The summed E-state index contributed by atoms with van der Waals surface area (Å²) in [6, 6.07) is 130. The largest absolute Gasteiger partial charge is 0.309 e. The lowest BCUT2D eigenvalue weighted by atomic mass is 9.91. The number of rotatable bonds is 9. The van der Waals surface area contributed by atoms with Gasteiger partial charge in [-0.1, -0.05) is 194 Å². The zero-order valence-electron chi connectivity index (χ0n) is 55.0. The van der Waals surface area contributed by atoms with Gasteiger partial charge in [-0.15, -0.1) is 34.0 Å². The normalized spacial score (nSPS) is 12.1. The van der Waals surface area contributed by atoms with Gasteiger partial charge in [-0.2, -0.15) is 0 Å². The molecule has 0 bridgehead atoms. The molecular weight excluding hydrogens is 1290 g/mol. The van der Waals surface area contributed by atoms with Gasteiger partial charge in [-0.05, 0) is 218 Å². The zero-order valence-corrected chi connectivity index (χ0v) is 57.4. The Kier molecular flexibility index (Phi) is 12.7. The Bertz CT molecular complexity index is 7280. The Labute approximate surface area is 598 Å². The molecule has 22 rings (SSSR count). The van der Waals surface area contributed by atoms with Crippen LogP contribution in [0.5, 0.6) is 0 Å². The molecule has 6 aromatic heterocycles. The fourth-order valence-electron chi connectivity index (χ4n) is 16.7. The zero-order chi connectivity index (χ0) is 66.7. The third-order valence-electron chi connectivity index (χ3n) is 21.4. The minimum atomic E-state index is 1.10. The monoisotopic (exact) mass is 1350 g/mol. The standard InChI is InChI=1S/C96H57N3S3/c1-7-28-85-72(22-1)79-51-60(63-37-45-94-82(54-63)75-25-4-10-31-91(75)100-94)34-42-88(79)97(85)68-20-14-17-59(49-68)58-16-13-18-66(48-58)78-57-70(99-87-30-9-3-24-74(87)81-53-62(36-44-90(81)99)65-39-47-96-84(56-65)77-27-6-12-33-93(77)102-96)40-41-71(78)67-19-15-21-69(50-67)98-86-29-8-2-23-73(86)80-52-61(35-43-89(80)98)64-38-46-95-83(55-64)76-26-5-11-32-92(76)101-95/h1-57H. The molecule has 22 aromatic rings. The van der Waals surface area contributed by atoms with Gasteiger partial charge in [0.1, 0.15) is 0 Å². The van der Waals surface area contributed by atoms with Crippen LogP contribution in [0, 0.1) is 0 Å². The van der Waals surface area contributed by atoms with Crippen LogP contribution in [0.2, 0.25) is 0 Å². The molecule has 0 fully saturated rings.